The molecular weight excluding hydrogens is 669 g/mol. The summed E-state index contributed by atoms with van der Waals surface area (Å²) < 4.78 is 17.1. The summed E-state index contributed by atoms with van der Waals surface area (Å²) in [5.74, 6) is -0.447. The van der Waals surface area contributed by atoms with E-state index in [0.717, 1.165) is 70.6 Å². The van der Waals surface area contributed by atoms with Crippen molar-refractivity contribution in [1.82, 2.24) is 0 Å². The zero-order valence-corrected chi connectivity index (χ0v) is 35.7. The zero-order valence-electron chi connectivity index (χ0n) is 35.7. The molecule has 0 spiro atoms. The van der Waals surface area contributed by atoms with E-state index in [-0.39, 0.29) is 25.2 Å². The zero-order chi connectivity index (χ0) is 39.3. The van der Waals surface area contributed by atoms with E-state index in [0.29, 0.717) is 19.4 Å². The van der Waals surface area contributed by atoms with Crippen LogP contribution in [0.15, 0.2) is 60.8 Å². The summed E-state index contributed by atoms with van der Waals surface area (Å²) in [7, 11) is 0. The molecule has 1 atom stereocenters. The molecule has 0 heterocycles. The van der Waals surface area contributed by atoms with E-state index in [9.17, 15) is 9.59 Å². The Morgan fingerprint density at radius 1 is 0.426 bits per heavy atom. The van der Waals surface area contributed by atoms with Gasteiger partial charge >= 0.3 is 11.9 Å². The van der Waals surface area contributed by atoms with Gasteiger partial charge in [-0.05, 0) is 51.4 Å². The number of carbonyl (C=O) groups is 2. The van der Waals surface area contributed by atoms with Crippen LogP contribution >= 0.6 is 0 Å². The molecule has 0 bridgehead atoms. The predicted molar refractivity (Wildman–Crippen MR) is 233 cm³/mol. The lowest BCUT2D eigenvalue weighted by Gasteiger charge is -2.18. The number of esters is 2. The molecule has 0 rings (SSSR count). The summed E-state index contributed by atoms with van der Waals surface area (Å²) in [6.45, 7) is 7.44. The van der Waals surface area contributed by atoms with Crippen LogP contribution in [0.25, 0.3) is 0 Å². The molecular formula is C49H86O5. The topological polar surface area (TPSA) is 61.8 Å². The van der Waals surface area contributed by atoms with Crippen molar-refractivity contribution in [2.45, 2.75) is 219 Å². The van der Waals surface area contributed by atoms with E-state index in [1.54, 1.807) is 0 Å². The molecule has 0 aliphatic carbocycles. The monoisotopic (exact) mass is 755 g/mol. The fraction of sp³-hybridized carbons (Fsp3) is 0.755. The normalized spacial score (nSPS) is 12.7. The van der Waals surface area contributed by atoms with Gasteiger partial charge < -0.3 is 14.2 Å². The Labute approximate surface area is 334 Å². The second-order valence-electron chi connectivity index (χ2n) is 14.9. The van der Waals surface area contributed by atoms with Crippen molar-refractivity contribution in [2.24, 2.45) is 0 Å². The molecule has 1 unspecified atom stereocenters. The lowest BCUT2D eigenvalue weighted by Crippen LogP contribution is -2.30. The molecule has 0 saturated carbocycles. The summed E-state index contributed by atoms with van der Waals surface area (Å²) in [5, 5.41) is 0. The van der Waals surface area contributed by atoms with E-state index in [1.807, 2.05) is 0 Å². The van der Waals surface area contributed by atoms with Crippen molar-refractivity contribution in [3.8, 4) is 0 Å². The molecule has 0 saturated heterocycles. The Kier molecular flexibility index (Phi) is 43.0. The average Bonchev–Trinajstić information content (AvgIpc) is 3.17. The number of carbonyl (C=O) groups excluding carboxylic acids is 2. The van der Waals surface area contributed by atoms with Crippen molar-refractivity contribution in [3.05, 3.63) is 60.8 Å². The number of hydrogen-bond acceptors (Lipinski definition) is 5. The lowest BCUT2D eigenvalue weighted by molar-refractivity contribution is -0.162. The number of unbranched alkanes of at least 4 members (excludes halogenated alkanes) is 20. The van der Waals surface area contributed by atoms with E-state index in [1.165, 1.54) is 109 Å². The Morgan fingerprint density at radius 2 is 0.796 bits per heavy atom. The average molecular weight is 755 g/mol. The minimum absolute atomic E-state index is 0.0566. The van der Waals surface area contributed by atoms with Crippen molar-refractivity contribution in [2.75, 3.05) is 19.8 Å². The Hall–Kier alpha value is -2.40. The molecule has 0 aromatic carbocycles. The Balaban J connectivity index is 4.14. The second-order valence-corrected chi connectivity index (χ2v) is 14.9. The molecule has 0 N–H and O–H groups in total. The van der Waals surface area contributed by atoms with Crippen molar-refractivity contribution in [1.29, 1.82) is 0 Å². The van der Waals surface area contributed by atoms with Gasteiger partial charge in [-0.15, -0.1) is 0 Å². The number of hydrogen-bond donors (Lipinski definition) is 0. The molecule has 0 amide bonds. The maximum absolute atomic E-state index is 12.5. The SMILES string of the molecule is CC/C=C\C/C=C\C/C=C\C/C=C\C/C=C\CCOCC(COC(=O)CCCCCCCCCCCCCCCCCCC)OC(=O)CCCCCCC. The summed E-state index contributed by atoms with van der Waals surface area (Å²) in [6, 6.07) is 0. The highest BCUT2D eigenvalue weighted by Gasteiger charge is 2.17. The lowest BCUT2D eigenvalue weighted by atomic mass is 10.0. The van der Waals surface area contributed by atoms with Gasteiger partial charge in [-0.2, -0.15) is 0 Å². The van der Waals surface area contributed by atoms with Crippen LogP contribution < -0.4 is 0 Å². The molecule has 0 fully saturated rings. The third kappa shape index (κ3) is 42.3. The van der Waals surface area contributed by atoms with Gasteiger partial charge in [-0.3, -0.25) is 9.59 Å². The first kappa shape index (κ1) is 51.6. The maximum atomic E-state index is 12.5. The maximum Gasteiger partial charge on any atom is 0.306 e. The van der Waals surface area contributed by atoms with Crippen molar-refractivity contribution in [3.63, 3.8) is 0 Å². The first-order valence-corrected chi connectivity index (χ1v) is 22.8. The summed E-state index contributed by atoms with van der Waals surface area (Å²) in [6.07, 6.45) is 55.6. The quantitative estimate of drug-likeness (QED) is 0.0353. The van der Waals surface area contributed by atoms with Gasteiger partial charge in [-0.25, -0.2) is 0 Å². The number of rotatable bonds is 41. The molecule has 0 aliphatic heterocycles. The van der Waals surface area contributed by atoms with Crippen LogP contribution in [0.5, 0.6) is 0 Å². The first-order valence-electron chi connectivity index (χ1n) is 22.8. The minimum atomic E-state index is -0.569. The minimum Gasteiger partial charge on any atom is -0.462 e. The summed E-state index contributed by atoms with van der Waals surface area (Å²) >= 11 is 0. The number of allylic oxidation sites excluding steroid dienone is 9. The standard InChI is InChI=1S/C49H86O5/c1-4-7-10-13-15-17-19-21-23-25-26-28-30-32-34-37-39-42-48(50)53-46-47(54-49(51)43-40-36-12-9-6-3)45-52-44-41-38-35-33-31-29-27-24-22-20-18-16-14-11-8-5-2/h8,11,16,18,22,24,29,31,35,38,47H,4-7,9-10,12-15,17,19-21,23,25-28,30,32-34,36-37,39-46H2,1-3H3/b11-8-,18-16-,24-22-,31-29-,38-35-. The van der Waals surface area contributed by atoms with E-state index < -0.39 is 6.10 Å². The largest absolute Gasteiger partial charge is 0.462 e. The molecule has 0 radical (unpaired) electrons. The van der Waals surface area contributed by atoms with Crippen molar-refractivity contribution >= 4 is 11.9 Å². The molecule has 5 heteroatoms. The van der Waals surface area contributed by atoms with Crippen LogP contribution in [0.4, 0.5) is 0 Å². The van der Waals surface area contributed by atoms with Gasteiger partial charge in [0.25, 0.3) is 0 Å². The molecule has 0 aromatic rings. The number of ether oxygens (including phenoxy) is 3. The highest BCUT2D eigenvalue weighted by molar-refractivity contribution is 5.70. The van der Waals surface area contributed by atoms with Crippen molar-refractivity contribution < 1.29 is 23.8 Å². The van der Waals surface area contributed by atoms with Crippen LogP contribution in [-0.4, -0.2) is 37.9 Å². The second kappa shape index (κ2) is 45.0. The van der Waals surface area contributed by atoms with Gasteiger partial charge in [0.05, 0.1) is 13.2 Å². The molecule has 0 aliphatic rings. The molecule has 5 nitrogen and oxygen atoms in total. The fourth-order valence-electron chi connectivity index (χ4n) is 6.22. The highest BCUT2D eigenvalue weighted by atomic mass is 16.6. The van der Waals surface area contributed by atoms with Crippen LogP contribution in [-0.2, 0) is 23.8 Å². The van der Waals surface area contributed by atoms with Gasteiger partial charge in [-0.1, -0.05) is 210 Å². The summed E-state index contributed by atoms with van der Waals surface area (Å²) in [4.78, 5) is 25.0. The smallest absolute Gasteiger partial charge is 0.306 e. The van der Waals surface area contributed by atoms with Crippen LogP contribution in [0.3, 0.4) is 0 Å². The highest BCUT2D eigenvalue weighted by Crippen LogP contribution is 2.15. The van der Waals surface area contributed by atoms with Gasteiger partial charge in [0.15, 0.2) is 6.10 Å². The molecule has 54 heavy (non-hydrogen) atoms. The molecule has 312 valence electrons. The predicted octanol–water partition coefficient (Wildman–Crippen LogP) is 15.0. The van der Waals surface area contributed by atoms with E-state index in [4.69, 9.17) is 14.2 Å². The van der Waals surface area contributed by atoms with Gasteiger partial charge in [0.1, 0.15) is 6.61 Å². The Morgan fingerprint density at radius 3 is 1.22 bits per heavy atom. The van der Waals surface area contributed by atoms with E-state index in [2.05, 4.69) is 81.5 Å². The summed E-state index contributed by atoms with van der Waals surface area (Å²) in [5.41, 5.74) is 0. The van der Waals surface area contributed by atoms with Crippen LogP contribution in [0.2, 0.25) is 0 Å². The first-order chi connectivity index (χ1) is 26.6. The third-order valence-corrected chi connectivity index (χ3v) is 9.59. The fourth-order valence-corrected chi connectivity index (χ4v) is 6.22. The Bertz CT molecular complexity index is 946. The van der Waals surface area contributed by atoms with Crippen LogP contribution in [0, 0.1) is 0 Å². The van der Waals surface area contributed by atoms with Gasteiger partial charge in [0, 0.05) is 12.8 Å². The van der Waals surface area contributed by atoms with Crippen LogP contribution in [0.1, 0.15) is 213 Å². The third-order valence-electron chi connectivity index (χ3n) is 9.59. The van der Waals surface area contributed by atoms with E-state index >= 15 is 0 Å². The molecule has 0 aromatic heterocycles. The van der Waals surface area contributed by atoms with Gasteiger partial charge in [0.2, 0.25) is 0 Å².